The third kappa shape index (κ3) is 4.51. The average Bonchev–Trinajstić information content (AvgIpc) is 3.29. The molecule has 9 heteroatoms. The Hall–Kier alpha value is -4.27. The number of piperidine rings is 1. The molecular formula is C27H27FN6O2. The molecule has 0 bridgehead atoms. The van der Waals surface area contributed by atoms with Crippen molar-refractivity contribution >= 4 is 22.8 Å². The Kier molecular flexibility index (Phi) is 6.37. The summed E-state index contributed by atoms with van der Waals surface area (Å²) in [6.45, 7) is 7.04. The van der Waals surface area contributed by atoms with Crippen LogP contribution in [0.3, 0.4) is 0 Å². The van der Waals surface area contributed by atoms with E-state index in [2.05, 4.69) is 16.5 Å². The van der Waals surface area contributed by atoms with Crippen LogP contribution in [0.5, 0.6) is 5.75 Å². The van der Waals surface area contributed by atoms with Gasteiger partial charge in [0.2, 0.25) is 5.91 Å². The molecule has 1 amide bonds. The third-order valence-electron chi connectivity index (χ3n) is 6.48. The van der Waals surface area contributed by atoms with Gasteiger partial charge in [-0.25, -0.2) is 19.0 Å². The van der Waals surface area contributed by atoms with E-state index >= 15 is 0 Å². The van der Waals surface area contributed by atoms with Crippen molar-refractivity contribution < 1.29 is 13.9 Å². The fourth-order valence-electron chi connectivity index (χ4n) is 4.68. The highest BCUT2D eigenvalue weighted by atomic mass is 19.1. The lowest BCUT2D eigenvalue weighted by molar-refractivity contribution is -0.127. The number of hydrogen-bond donors (Lipinski definition) is 1. The van der Waals surface area contributed by atoms with E-state index in [4.69, 9.17) is 15.6 Å². The number of benzene rings is 2. The number of hydrogen-bond acceptors (Lipinski definition) is 6. The highest BCUT2D eigenvalue weighted by Gasteiger charge is 2.28. The number of fused-ring (bicyclic) bond motifs is 1. The van der Waals surface area contributed by atoms with Crippen LogP contribution < -0.4 is 10.5 Å². The van der Waals surface area contributed by atoms with Crippen molar-refractivity contribution in [3.63, 3.8) is 0 Å². The fourth-order valence-corrected chi connectivity index (χ4v) is 4.68. The molecule has 1 aliphatic heterocycles. The Morgan fingerprint density at radius 1 is 1.28 bits per heavy atom. The van der Waals surface area contributed by atoms with Crippen molar-refractivity contribution in [1.29, 1.82) is 0 Å². The van der Waals surface area contributed by atoms with Gasteiger partial charge < -0.3 is 15.4 Å². The lowest BCUT2D eigenvalue weighted by Gasteiger charge is -2.32. The van der Waals surface area contributed by atoms with E-state index in [-0.39, 0.29) is 24.4 Å². The van der Waals surface area contributed by atoms with Crippen molar-refractivity contribution in [2.75, 3.05) is 18.8 Å². The van der Waals surface area contributed by atoms with Crippen LogP contribution in [0.25, 0.3) is 22.3 Å². The normalized spacial score (nSPS) is 15.7. The minimum absolute atomic E-state index is 0.0387. The summed E-state index contributed by atoms with van der Waals surface area (Å²) in [6.07, 6.45) is 4.50. The molecule has 1 aliphatic rings. The molecule has 2 aromatic carbocycles. The van der Waals surface area contributed by atoms with Gasteiger partial charge in [-0.05, 0) is 67.3 Å². The lowest BCUT2D eigenvalue weighted by Crippen LogP contribution is -2.40. The summed E-state index contributed by atoms with van der Waals surface area (Å²) >= 11 is 0. The molecule has 5 rings (SSSR count). The monoisotopic (exact) mass is 486 g/mol. The van der Waals surface area contributed by atoms with Crippen molar-refractivity contribution in [3.8, 4) is 17.0 Å². The van der Waals surface area contributed by atoms with Crippen LogP contribution in [-0.4, -0.2) is 43.6 Å². The first-order valence-electron chi connectivity index (χ1n) is 11.8. The number of aryl methyl sites for hydroxylation is 1. The molecule has 1 fully saturated rings. The first-order chi connectivity index (χ1) is 17.4. The molecule has 3 heterocycles. The molecule has 2 aromatic heterocycles. The van der Waals surface area contributed by atoms with Crippen LogP contribution in [0.1, 0.15) is 30.0 Å². The number of amides is 1. The van der Waals surface area contributed by atoms with Gasteiger partial charge in [0.1, 0.15) is 36.0 Å². The molecule has 0 spiro atoms. The summed E-state index contributed by atoms with van der Waals surface area (Å²) in [5.74, 6) is 0.664. The largest absolute Gasteiger partial charge is 0.489 e. The van der Waals surface area contributed by atoms with E-state index in [0.29, 0.717) is 41.4 Å². The number of nitrogens with zero attached hydrogens (tertiary/aromatic N) is 5. The number of carbonyl (C=O) groups is 1. The Bertz CT molecular complexity index is 1450. The van der Waals surface area contributed by atoms with Crippen LogP contribution in [0.4, 0.5) is 10.2 Å². The highest BCUT2D eigenvalue weighted by Crippen LogP contribution is 2.35. The van der Waals surface area contributed by atoms with Crippen molar-refractivity contribution in [1.82, 2.24) is 24.6 Å². The van der Waals surface area contributed by atoms with Crippen molar-refractivity contribution in [3.05, 3.63) is 78.4 Å². The number of ether oxygens (including phenoxy) is 1. The summed E-state index contributed by atoms with van der Waals surface area (Å²) in [5, 5.41) is 5.60. The maximum Gasteiger partial charge on any atom is 0.246 e. The van der Waals surface area contributed by atoms with E-state index in [1.807, 2.05) is 35.9 Å². The Balaban J connectivity index is 1.47. The van der Waals surface area contributed by atoms with Gasteiger partial charge in [-0.1, -0.05) is 18.7 Å². The van der Waals surface area contributed by atoms with Crippen molar-refractivity contribution in [2.45, 2.75) is 32.4 Å². The van der Waals surface area contributed by atoms with Crippen molar-refractivity contribution in [2.24, 2.45) is 0 Å². The Morgan fingerprint density at radius 2 is 2.14 bits per heavy atom. The zero-order chi connectivity index (χ0) is 25.2. The minimum atomic E-state index is -0.291. The summed E-state index contributed by atoms with van der Waals surface area (Å²) in [5.41, 5.74) is 10.1. The molecule has 1 saturated heterocycles. The zero-order valence-electron chi connectivity index (χ0n) is 20.0. The fraction of sp³-hybridized carbons (Fsp3) is 0.259. The quantitative estimate of drug-likeness (QED) is 0.404. The van der Waals surface area contributed by atoms with Gasteiger partial charge in [0, 0.05) is 18.7 Å². The topological polar surface area (TPSA) is 99.2 Å². The SMILES string of the molecule is C=CC(=O)N1CCCC(n2nc(-c3ccc(OCc4cccc(F)c4)c(C)c3)c3c(N)ncnc32)C1. The number of nitrogens with two attached hydrogens (primary N) is 1. The number of rotatable bonds is 6. The molecule has 8 nitrogen and oxygen atoms in total. The Morgan fingerprint density at radius 3 is 2.92 bits per heavy atom. The van der Waals surface area contributed by atoms with E-state index < -0.39 is 0 Å². The van der Waals surface area contributed by atoms with Crippen LogP contribution in [0.15, 0.2) is 61.4 Å². The van der Waals surface area contributed by atoms with Gasteiger partial charge in [-0.15, -0.1) is 0 Å². The van der Waals surface area contributed by atoms with Crippen LogP contribution in [0, 0.1) is 12.7 Å². The predicted molar refractivity (Wildman–Crippen MR) is 136 cm³/mol. The van der Waals surface area contributed by atoms with E-state index in [1.54, 1.807) is 11.0 Å². The van der Waals surface area contributed by atoms with Crippen LogP contribution in [0.2, 0.25) is 0 Å². The Labute approximate surface area is 208 Å². The molecule has 2 N–H and O–H groups in total. The second-order valence-corrected chi connectivity index (χ2v) is 8.93. The van der Waals surface area contributed by atoms with E-state index in [1.165, 1.54) is 24.5 Å². The predicted octanol–water partition coefficient (Wildman–Crippen LogP) is 4.45. The molecule has 36 heavy (non-hydrogen) atoms. The van der Waals surface area contributed by atoms with Gasteiger partial charge in [0.25, 0.3) is 0 Å². The molecule has 4 aromatic rings. The maximum atomic E-state index is 13.5. The minimum Gasteiger partial charge on any atom is -0.489 e. The van der Waals surface area contributed by atoms with Gasteiger partial charge in [-0.2, -0.15) is 5.10 Å². The number of anilines is 1. The second-order valence-electron chi connectivity index (χ2n) is 8.93. The van der Waals surface area contributed by atoms with E-state index in [0.717, 1.165) is 29.5 Å². The molecule has 1 unspecified atom stereocenters. The highest BCUT2D eigenvalue weighted by molar-refractivity contribution is 5.98. The average molecular weight is 487 g/mol. The number of aromatic nitrogens is 4. The van der Waals surface area contributed by atoms with Crippen LogP contribution >= 0.6 is 0 Å². The lowest BCUT2D eigenvalue weighted by atomic mass is 10.1. The van der Waals surface area contributed by atoms with Gasteiger partial charge in [-0.3, -0.25) is 4.79 Å². The van der Waals surface area contributed by atoms with Crippen LogP contribution in [-0.2, 0) is 11.4 Å². The molecule has 0 saturated carbocycles. The number of nitrogen functional groups attached to an aromatic ring is 1. The number of carbonyl (C=O) groups excluding carboxylic acids is 1. The molecular weight excluding hydrogens is 459 g/mol. The molecule has 1 atom stereocenters. The first kappa shape index (κ1) is 23.5. The smallest absolute Gasteiger partial charge is 0.246 e. The molecule has 0 aliphatic carbocycles. The zero-order valence-corrected chi connectivity index (χ0v) is 20.0. The van der Waals surface area contributed by atoms with Gasteiger partial charge in [0.15, 0.2) is 5.65 Å². The third-order valence-corrected chi connectivity index (χ3v) is 6.48. The summed E-state index contributed by atoms with van der Waals surface area (Å²) in [6, 6.07) is 12.1. The summed E-state index contributed by atoms with van der Waals surface area (Å²) in [4.78, 5) is 22.7. The standard InChI is InChI=1S/C27H27FN6O2/c1-3-23(35)33-11-5-8-21(14-33)34-27-24(26(29)30-16-31-27)25(32-34)19-9-10-22(17(2)12-19)36-15-18-6-4-7-20(28)13-18/h3-4,6-7,9-10,12-13,16,21H,1,5,8,11,14-15H2,2H3,(H2,29,30,31). The molecule has 0 radical (unpaired) electrons. The first-order valence-corrected chi connectivity index (χ1v) is 11.8. The second kappa shape index (κ2) is 9.77. The number of halogens is 1. The summed E-state index contributed by atoms with van der Waals surface area (Å²) < 4.78 is 21.3. The van der Waals surface area contributed by atoms with E-state index in [9.17, 15) is 9.18 Å². The maximum absolute atomic E-state index is 13.5. The molecule has 184 valence electrons. The number of likely N-dealkylation sites (tertiary alicyclic amines) is 1. The van der Waals surface area contributed by atoms with Gasteiger partial charge in [0.05, 0.1) is 11.4 Å². The summed E-state index contributed by atoms with van der Waals surface area (Å²) in [7, 11) is 0. The van der Waals surface area contributed by atoms with Gasteiger partial charge >= 0.3 is 0 Å².